The number of nitrogens with one attached hydrogen (secondary N) is 1. The predicted molar refractivity (Wildman–Crippen MR) is 105 cm³/mol. The van der Waals surface area contributed by atoms with E-state index in [1.165, 1.54) is 0 Å². The number of benzene rings is 1. The Balaban J connectivity index is 2.25. The summed E-state index contributed by atoms with van der Waals surface area (Å²) in [6.45, 7) is 8.15. The summed E-state index contributed by atoms with van der Waals surface area (Å²) in [5.74, 6) is 0.545. The lowest BCUT2D eigenvalue weighted by Gasteiger charge is -2.32. The SMILES string of the molecule is CC1(C)OB(C(=Cc2cccc(NC(N)=S)c2)CS)OC1(C)C. The van der Waals surface area contributed by atoms with Crippen molar-refractivity contribution in [2.75, 3.05) is 11.1 Å². The average molecular weight is 350 g/mol. The van der Waals surface area contributed by atoms with Crippen LogP contribution in [0, 0.1) is 0 Å². The van der Waals surface area contributed by atoms with Gasteiger partial charge >= 0.3 is 7.12 Å². The molecule has 0 atom stereocenters. The molecule has 23 heavy (non-hydrogen) atoms. The largest absolute Gasteiger partial charge is 0.491 e. The van der Waals surface area contributed by atoms with E-state index in [9.17, 15) is 0 Å². The summed E-state index contributed by atoms with van der Waals surface area (Å²) in [7, 11) is -0.398. The Morgan fingerprint density at radius 2 is 1.91 bits per heavy atom. The maximum atomic E-state index is 6.09. The lowest BCUT2D eigenvalue weighted by Crippen LogP contribution is -2.41. The quantitative estimate of drug-likeness (QED) is 0.442. The van der Waals surface area contributed by atoms with Crippen molar-refractivity contribution in [3.8, 4) is 0 Å². The van der Waals surface area contributed by atoms with Crippen molar-refractivity contribution in [1.82, 2.24) is 0 Å². The highest BCUT2D eigenvalue weighted by molar-refractivity contribution is 7.80. The summed E-state index contributed by atoms with van der Waals surface area (Å²) in [6.07, 6.45) is 2.03. The Morgan fingerprint density at radius 1 is 1.30 bits per heavy atom. The van der Waals surface area contributed by atoms with E-state index < -0.39 is 7.12 Å². The summed E-state index contributed by atoms with van der Waals surface area (Å²) >= 11 is 9.30. The van der Waals surface area contributed by atoms with Crippen LogP contribution in [0.25, 0.3) is 6.08 Å². The summed E-state index contributed by atoms with van der Waals surface area (Å²) in [6, 6.07) is 7.81. The van der Waals surface area contributed by atoms with Gasteiger partial charge in [0.2, 0.25) is 0 Å². The van der Waals surface area contributed by atoms with E-state index in [4.69, 9.17) is 27.3 Å². The molecule has 1 heterocycles. The first kappa shape index (κ1) is 18.3. The highest BCUT2D eigenvalue weighted by atomic mass is 32.1. The predicted octanol–water partition coefficient (Wildman–Crippen LogP) is 3.29. The normalized spacial score (nSPS) is 19.7. The second-order valence-corrected chi connectivity index (χ2v) is 7.34. The first-order valence-corrected chi connectivity index (χ1v) is 8.52. The van der Waals surface area contributed by atoms with Crippen LogP contribution in [0.2, 0.25) is 0 Å². The van der Waals surface area contributed by atoms with E-state index in [-0.39, 0.29) is 16.3 Å². The molecule has 7 heteroatoms. The average Bonchev–Trinajstić information content (AvgIpc) is 2.64. The molecule has 0 spiro atoms. The van der Waals surface area contributed by atoms with Gasteiger partial charge in [-0.1, -0.05) is 18.2 Å². The van der Waals surface area contributed by atoms with Crippen LogP contribution in [0.3, 0.4) is 0 Å². The van der Waals surface area contributed by atoms with E-state index in [1.807, 2.05) is 58.0 Å². The van der Waals surface area contributed by atoms with Crippen LogP contribution in [0.1, 0.15) is 33.3 Å². The third-order valence-electron chi connectivity index (χ3n) is 4.24. The zero-order chi connectivity index (χ0) is 17.3. The van der Waals surface area contributed by atoms with Crippen molar-refractivity contribution in [3.63, 3.8) is 0 Å². The van der Waals surface area contributed by atoms with E-state index in [1.54, 1.807) is 0 Å². The zero-order valence-electron chi connectivity index (χ0n) is 13.9. The first-order chi connectivity index (χ1) is 10.6. The first-order valence-electron chi connectivity index (χ1n) is 7.48. The molecule has 0 radical (unpaired) electrons. The lowest BCUT2D eigenvalue weighted by atomic mass is 9.78. The molecule has 0 aromatic heterocycles. The molecule has 3 N–H and O–H groups in total. The van der Waals surface area contributed by atoms with Gasteiger partial charge in [-0.15, -0.1) is 0 Å². The van der Waals surface area contributed by atoms with Gasteiger partial charge in [0.05, 0.1) is 11.2 Å². The van der Waals surface area contributed by atoms with Crippen molar-refractivity contribution in [1.29, 1.82) is 0 Å². The molecular formula is C16H23BN2O2S2. The maximum Gasteiger partial charge on any atom is 0.491 e. The molecule has 0 aliphatic carbocycles. The van der Waals surface area contributed by atoms with Crippen molar-refractivity contribution in [2.24, 2.45) is 5.73 Å². The molecule has 2 rings (SSSR count). The lowest BCUT2D eigenvalue weighted by molar-refractivity contribution is 0.00578. The number of anilines is 1. The molecule has 0 saturated carbocycles. The smallest absolute Gasteiger partial charge is 0.400 e. The van der Waals surface area contributed by atoms with E-state index in [2.05, 4.69) is 17.9 Å². The molecule has 0 unspecified atom stereocenters. The minimum Gasteiger partial charge on any atom is -0.400 e. The molecule has 1 saturated heterocycles. The monoisotopic (exact) mass is 350 g/mol. The van der Waals surface area contributed by atoms with Crippen LogP contribution < -0.4 is 11.1 Å². The molecule has 0 amide bonds. The molecular weight excluding hydrogens is 327 g/mol. The van der Waals surface area contributed by atoms with Crippen LogP contribution in [0.15, 0.2) is 29.7 Å². The van der Waals surface area contributed by atoms with Crippen LogP contribution >= 0.6 is 24.8 Å². The minimum absolute atomic E-state index is 0.242. The summed E-state index contributed by atoms with van der Waals surface area (Å²) in [5.41, 5.74) is 7.60. The number of hydrogen-bond donors (Lipinski definition) is 3. The molecule has 124 valence electrons. The number of nitrogens with two attached hydrogens (primary N) is 1. The fourth-order valence-corrected chi connectivity index (χ4v) is 2.60. The topological polar surface area (TPSA) is 56.5 Å². The Bertz CT molecular complexity index is 616. The Morgan fingerprint density at radius 3 is 2.43 bits per heavy atom. The van der Waals surface area contributed by atoms with Crippen molar-refractivity contribution in [2.45, 2.75) is 38.9 Å². The molecule has 1 aromatic carbocycles. The van der Waals surface area contributed by atoms with Gasteiger partial charge in [0.25, 0.3) is 0 Å². The zero-order valence-corrected chi connectivity index (χ0v) is 15.6. The van der Waals surface area contributed by atoms with Crippen LogP contribution in [0.4, 0.5) is 5.69 Å². The number of hydrogen-bond acceptors (Lipinski definition) is 4. The van der Waals surface area contributed by atoms with Gasteiger partial charge in [-0.05, 0) is 63.1 Å². The second-order valence-electron chi connectivity index (χ2n) is 6.58. The van der Waals surface area contributed by atoms with Crippen LogP contribution in [-0.2, 0) is 9.31 Å². The van der Waals surface area contributed by atoms with Gasteiger partial charge in [-0.25, -0.2) is 0 Å². The molecule has 4 nitrogen and oxygen atoms in total. The maximum absolute atomic E-state index is 6.09. The van der Waals surface area contributed by atoms with Gasteiger partial charge < -0.3 is 20.4 Å². The van der Waals surface area contributed by atoms with Crippen molar-refractivity contribution >= 4 is 48.8 Å². The number of rotatable bonds is 4. The molecule has 1 aliphatic heterocycles. The highest BCUT2D eigenvalue weighted by Gasteiger charge is 2.52. The Kier molecular flexibility index (Phi) is 5.46. The Hall–Kier alpha value is -1.02. The molecule has 1 fully saturated rings. The second kappa shape index (κ2) is 6.85. The minimum atomic E-state index is -0.398. The van der Waals surface area contributed by atoms with Crippen molar-refractivity contribution < 1.29 is 9.31 Å². The third-order valence-corrected chi connectivity index (χ3v) is 4.71. The van der Waals surface area contributed by atoms with E-state index >= 15 is 0 Å². The summed E-state index contributed by atoms with van der Waals surface area (Å²) in [4.78, 5) is 0. The van der Waals surface area contributed by atoms with E-state index in [0.717, 1.165) is 16.7 Å². The third kappa shape index (κ3) is 4.29. The number of thiocarbonyl (C=S) groups is 1. The van der Waals surface area contributed by atoms with Gasteiger partial charge in [-0.2, -0.15) is 12.6 Å². The van der Waals surface area contributed by atoms with Crippen LogP contribution in [0.5, 0.6) is 0 Å². The van der Waals surface area contributed by atoms with E-state index in [0.29, 0.717) is 5.75 Å². The molecule has 1 aliphatic rings. The Labute approximate surface area is 149 Å². The van der Waals surface area contributed by atoms with Crippen LogP contribution in [-0.4, -0.2) is 29.2 Å². The molecule has 0 bridgehead atoms. The standard InChI is InChI=1S/C16H23BN2O2S2/c1-15(2)16(3,4)21-17(20-15)12(10-22)8-11-6-5-7-13(9-11)19-14(18)23/h5-9,22H,10H2,1-4H3,(H3,18,19,23). The number of thiol groups is 1. The molecule has 1 aromatic rings. The van der Waals surface area contributed by atoms with Gasteiger partial charge in [0, 0.05) is 11.4 Å². The fraction of sp³-hybridized carbons (Fsp3) is 0.438. The summed E-state index contributed by atoms with van der Waals surface area (Å²) in [5, 5.41) is 3.17. The highest BCUT2D eigenvalue weighted by Crippen LogP contribution is 2.39. The van der Waals surface area contributed by atoms with Gasteiger partial charge in [0.1, 0.15) is 0 Å². The summed E-state index contributed by atoms with van der Waals surface area (Å²) < 4.78 is 12.2. The fourth-order valence-electron chi connectivity index (χ4n) is 2.25. The van der Waals surface area contributed by atoms with Gasteiger partial charge in [-0.3, -0.25) is 0 Å². The van der Waals surface area contributed by atoms with Gasteiger partial charge in [0.15, 0.2) is 5.11 Å². The van der Waals surface area contributed by atoms with Crippen molar-refractivity contribution in [3.05, 3.63) is 35.3 Å².